The summed E-state index contributed by atoms with van der Waals surface area (Å²) < 4.78 is 24.1. The summed E-state index contributed by atoms with van der Waals surface area (Å²) >= 11 is 0. The number of anilines is 2. The minimum absolute atomic E-state index is 0.156. The van der Waals surface area contributed by atoms with E-state index in [1.807, 2.05) is 24.3 Å². The van der Waals surface area contributed by atoms with Crippen LogP contribution < -0.4 is 15.0 Å². The molecule has 1 saturated heterocycles. The van der Waals surface area contributed by atoms with Gasteiger partial charge in [-0.1, -0.05) is 12.1 Å². The monoisotopic (exact) mass is 380 g/mol. The summed E-state index contributed by atoms with van der Waals surface area (Å²) in [5.41, 5.74) is 1.80. The van der Waals surface area contributed by atoms with Gasteiger partial charge in [0, 0.05) is 13.1 Å². The molecule has 28 heavy (non-hydrogen) atoms. The number of halogens is 1. The fraction of sp³-hybridized carbons (Fsp3) is 0.227. The zero-order chi connectivity index (χ0) is 19.3. The minimum atomic E-state index is -0.321. The zero-order valence-corrected chi connectivity index (χ0v) is 15.4. The lowest BCUT2D eigenvalue weighted by Crippen LogP contribution is -2.21. The molecular formula is C22H21FN2O3. The molecule has 1 aliphatic rings. The van der Waals surface area contributed by atoms with Gasteiger partial charge in [-0.25, -0.2) is 4.39 Å². The molecule has 0 spiro atoms. The second kappa shape index (κ2) is 8.17. The number of ether oxygens (including phenoxy) is 1. The van der Waals surface area contributed by atoms with Gasteiger partial charge in [-0.2, -0.15) is 0 Å². The van der Waals surface area contributed by atoms with Crippen molar-refractivity contribution >= 4 is 17.3 Å². The van der Waals surface area contributed by atoms with E-state index >= 15 is 0 Å². The second-order valence-corrected chi connectivity index (χ2v) is 6.67. The largest absolute Gasteiger partial charge is 0.486 e. The third kappa shape index (κ3) is 4.17. The molecular weight excluding hydrogens is 359 g/mol. The molecule has 0 bridgehead atoms. The number of nitrogens with zero attached hydrogens (tertiary/aromatic N) is 1. The van der Waals surface area contributed by atoms with Crippen LogP contribution in [-0.4, -0.2) is 19.0 Å². The van der Waals surface area contributed by atoms with Crippen LogP contribution in [0.2, 0.25) is 0 Å². The van der Waals surface area contributed by atoms with Crippen LogP contribution in [-0.2, 0) is 6.61 Å². The van der Waals surface area contributed by atoms with Crippen LogP contribution in [0.1, 0.15) is 29.2 Å². The van der Waals surface area contributed by atoms with Crippen molar-refractivity contribution in [3.63, 3.8) is 0 Å². The topological polar surface area (TPSA) is 54.7 Å². The fourth-order valence-electron chi connectivity index (χ4n) is 3.26. The van der Waals surface area contributed by atoms with Crippen LogP contribution in [0.25, 0.3) is 0 Å². The predicted octanol–water partition coefficient (Wildman–Crippen LogP) is 4.85. The first-order valence-corrected chi connectivity index (χ1v) is 9.31. The molecule has 0 unspecified atom stereocenters. The Kier molecular flexibility index (Phi) is 5.28. The maximum absolute atomic E-state index is 12.9. The van der Waals surface area contributed by atoms with Gasteiger partial charge in [0.15, 0.2) is 5.76 Å². The number of amides is 1. The van der Waals surface area contributed by atoms with Gasteiger partial charge in [-0.15, -0.1) is 0 Å². The van der Waals surface area contributed by atoms with E-state index in [0.29, 0.717) is 11.5 Å². The lowest BCUT2D eigenvalue weighted by molar-refractivity contribution is 0.0992. The number of nitrogens with one attached hydrogen (secondary N) is 1. The summed E-state index contributed by atoms with van der Waals surface area (Å²) in [5.74, 6) is 0.637. The highest BCUT2D eigenvalue weighted by Crippen LogP contribution is 2.29. The highest BCUT2D eigenvalue weighted by Gasteiger charge is 2.18. The first-order valence-electron chi connectivity index (χ1n) is 9.31. The van der Waals surface area contributed by atoms with E-state index in [2.05, 4.69) is 10.2 Å². The lowest BCUT2D eigenvalue weighted by atomic mass is 10.2. The van der Waals surface area contributed by atoms with E-state index in [1.54, 1.807) is 24.3 Å². The van der Waals surface area contributed by atoms with Gasteiger partial charge < -0.3 is 19.4 Å². The molecule has 4 rings (SSSR count). The standard InChI is InChI=1S/C22H21FN2O3/c23-16-7-9-17(10-8-16)27-15-18-11-12-21(28-18)22(26)24-19-5-1-2-6-20(19)25-13-3-4-14-25/h1-2,5-12H,3-4,13-15H2,(H,24,26). The molecule has 2 heterocycles. The smallest absolute Gasteiger partial charge is 0.291 e. The Morgan fingerprint density at radius 1 is 1.04 bits per heavy atom. The van der Waals surface area contributed by atoms with Gasteiger partial charge in [0.1, 0.15) is 23.9 Å². The Labute approximate surface area is 162 Å². The number of benzene rings is 2. The molecule has 3 aromatic rings. The number of hydrogen-bond acceptors (Lipinski definition) is 4. The third-order valence-corrected chi connectivity index (χ3v) is 4.68. The number of para-hydroxylation sites is 2. The van der Waals surface area contributed by atoms with Crippen molar-refractivity contribution in [2.75, 3.05) is 23.3 Å². The minimum Gasteiger partial charge on any atom is -0.486 e. The van der Waals surface area contributed by atoms with Crippen molar-refractivity contribution < 1.29 is 18.3 Å². The van der Waals surface area contributed by atoms with Crippen LogP contribution in [0.15, 0.2) is 65.1 Å². The Balaban J connectivity index is 1.40. The lowest BCUT2D eigenvalue weighted by Gasteiger charge is -2.21. The van der Waals surface area contributed by atoms with Gasteiger partial charge in [-0.3, -0.25) is 4.79 Å². The van der Waals surface area contributed by atoms with Gasteiger partial charge in [0.25, 0.3) is 5.91 Å². The Bertz CT molecular complexity index is 946. The number of furan rings is 1. The average molecular weight is 380 g/mol. The molecule has 0 radical (unpaired) electrons. The molecule has 0 atom stereocenters. The Morgan fingerprint density at radius 2 is 1.79 bits per heavy atom. The number of carbonyl (C=O) groups is 1. The Morgan fingerprint density at radius 3 is 2.57 bits per heavy atom. The quantitative estimate of drug-likeness (QED) is 0.664. The molecule has 1 aromatic heterocycles. The summed E-state index contributed by atoms with van der Waals surface area (Å²) in [5, 5.41) is 2.94. The molecule has 2 aromatic carbocycles. The SMILES string of the molecule is O=C(Nc1ccccc1N1CCCC1)c1ccc(COc2ccc(F)cc2)o1. The summed E-state index contributed by atoms with van der Waals surface area (Å²) in [6.45, 7) is 2.15. The van der Waals surface area contributed by atoms with Gasteiger partial charge in [-0.05, 0) is 61.4 Å². The highest BCUT2D eigenvalue weighted by atomic mass is 19.1. The highest BCUT2D eigenvalue weighted by molar-refractivity contribution is 6.04. The summed E-state index contributed by atoms with van der Waals surface area (Å²) in [4.78, 5) is 14.9. The van der Waals surface area contributed by atoms with Gasteiger partial charge in [0.2, 0.25) is 0 Å². The van der Waals surface area contributed by atoms with Crippen LogP contribution >= 0.6 is 0 Å². The third-order valence-electron chi connectivity index (χ3n) is 4.68. The van der Waals surface area contributed by atoms with E-state index in [1.165, 1.54) is 12.1 Å². The van der Waals surface area contributed by atoms with Crippen molar-refractivity contribution in [2.45, 2.75) is 19.4 Å². The zero-order valence-electron chi connectivity index (χ0n) is 15.4. The van der Waals surface area contributed by atoms with Crippen LogP contribution in [0.4, 0.5) is 15.8 Å². The van der Waals surface area contributed by atoms with Crippen LogP contribution in [0.5, 0.6) is 5.75 Å². The molecule has 5 nitrogen and oxygen atoms in total. The maximum Gasteiger partial charge on any atom is 0.291 e. The van der Waals surface area contributed by atoms with E-state index in [9.17, 15) is 9.18 Å². The van der Waals surface area contributed by atoms with E-state index in [0.717, 1.165) is 37.3 Å². The second-order valence-electron chi connectivity index (χ2n) is 6.67. The molecule has 0 aliphatic carbocycles. The van der Waals surface area contributed by atoms with Crippen molar-refractivity contribution in [1.82, 2.24) is 0 Å². The number of carbonyl (C=O) groups excluding carboxylic acids is 1. The molecule has 1 fully saturated rings. The van der Waals surface area contributed by atoms with E-state index < -0.39 is 0 Å². The molecule has 1 aliphatic heterocycles. The number of rotatable bonds is 6. The first kappa shape index (κ1) is 18.1. The van der Waals surface area contributed by atoms with Crippen LogP contribution in [0.3, 0.4) is 0 Å². The molecule has 144 valence electrons. The van der Waals surface area contributed by atoms with Crippen molar-refractivity contribution in [3.05, 3.63) is 78.0 Å². The van der Waals surface area contributed by atoms with Crippen LogP contribution in [0, 0.1) is 5.82 Å². The van der Waals surface area contributed by atoms with E-state index in [4.69, 9.17) is 9.15 Å². The molecule has 6 heteroatoms. The van der Waals surface area contributed by atoms with Gasteiger partial charge in [0.05, 0.1) is 11.4 Å². The Hall–Kier alpha value is -3.28. The number of hydrogen-bond donors (Lipinski definition) is 1. The van der Waals surface area contributed by atoms with Crippen molar-refractivity contribution in [2.24, 2.45) is 0 Å². The maximum atomic E-state index is 12.9. The van der Waals surface area contributed by atoms with Crippen molar-refractivity contribution in [1.29, 1.82) is 0 Å². The predicted molar refractivity (Wildman–Crippen MR) is 105 cm³/mol. The molecule has 1 amide bonds. The molecule has 0 saturated carbocycles. The summed E-state index contributed by atoms with van der Waals surface area (Å²) in [6, 6.07) is 16.9. The average Bonchev–Trinajstić information content (AvgIpc) is 3.40. The van der Waals surface area contributed by atoms with E-state index in [-0.39, 0.29) is 24.1 Å². The van der Waals surface area contributed by atoms with Gasteiger partial charge >= 0.3 is 0 Å². The summed E-state index contributed by atoms with van der Waals surface area (Å²) in [6.07, 6.45) is 2.33. The first-order chi connectivity index (χ1) is 13.7. The normalized spacial score (nSPS) is 13.5. The molecule has 1 N–H and O–H groups in total. The van der Waals surface area contributed by atoms with Crippen molar-refractivity contribution in [3.8, 4) is 5.75 Å². The summed E-state index contributed by atoms with van der Waals surface area (Å²) in [7, 11) is 0. The fourth-order valence-corrected chi connectivity index (χ4v) is 3.26.